The quantitative estimate of drug-likeness (QED) is 0.675. The number of rotatable bonds is 7. The van der Waals surface area contributed by atoms with Crippen LogP contribution < -0.4 is 10.1 Å². The normalized spacial score (nSPS) is 11.8. The number of methoxy groups -OCH3 is 1. The van der Waals surface area contributed by atoms with E-state index in [1.54, 1.807) is 23.8 Å². The van der Waals surface area contributed by atoms with Crippen LogP contribution in [-0.4, -0.2) is 32.9 Å². The summed E-state index contributed by atoms with van der Waals surface area (Å²) in [5.41, 5.74) is 1.63. The van der Waals surface area contributed by atoms with Gasteiger partial charge in [0.15, 0.2) is 5.82 Å². The predicted molar refractivity (Wildman–Crippen MR) is 95.4 cm³/mol. The fourth-order valence-corrected chi connectivity index (χ4v) is 2.58. The van der Waals surface area contributed by atoms with Gasteiger partial charge in [-0.25, -0.2) is 0 Å². The van der Waals surface area contributed by atoms with E-state index in [4.69, 9.17) is 4.74 Å². The van der Waals surface area contributed by atoms with Crippen LogP contribution in [0.2, 0.25) is 0 Å². The Bertz CT molecular complexity index is 864. The topological polar surface area (TPSA) is 89.3 Å². The van der Waals surface area contributed by atoms with E-state index in [9.17, 15) is 9.90 Å². The summed E-state index contributed by atoms with van der Waals surface area (Å²) >= 11 is 0. The van der Waals surface area contributed by atoms with E-state index in [0.29, 0.717) is 17.9 Å². The first-order valence-corrected chi connectivity index (χ1v) is 8.17. The molecular formula is C19H20N4O3. The maximum Gasteiger partial charge on any atom is 0.240 e. The van der Waals surface area contributed by atoms with Gasteiger partial charge in [0.05, 0.1) is 7.11 Å². The molecule has 0 saturated carbocycles. The highest BCUT2D eigenvalue weighted by atomic mass is 16.5. The molecule has 0 spiro atoms. The van der Waals surface area contributed by atoms with Crippen molar-refractivity contribution in [3.8, 4) is 5.75 Å². The number of aromatic nitrogens is 3. The number of carbonyl (C=O) groups excluding carboxylic acids is 1. The van der Waals surface area contributed by atoms with Crippen LogP contribution in [0.5, 0.6) is 5.75 Å². The van der Waals surface area contributed by atoms with Crippen LogP contribution in [0, 0.1) is 0 Å². The molecule has 2 N–H and O–H groups in total. The average molecular weight is 352 g/mol. The van der Waals surface area contributed by atoms with E-state index >= 15 is 0 Å². The molecule has 1 aromatic heterocycles. The van der Waals surface area contributed by atoms with Gasteiger partial charge in [0.1, 0.15) is 24.7 Å². The average Bonchev–Trinajstić information content (AvgIpc) is 3.14. The number of carbonyl (C=O) groups is 1. The highest BCUT2D eigenvalue weighted by Gasteiger charge is 2.18. The molecule has 26 heavy (non-hydrogen) atoms. The van der Waals surface area contributed by atoms with E-state index < -0.39 is 6.10 Å². The molecule has 2 aromatic carbocycles. The Labute approximate surface area is 151 Å². The minimum absolute atomic E-state index is 0.0240. The molecular weight excluding hydrogens is 332 g/mol. The zero-order chi connectivity index (χ0) is 18.4. The van der Waals surface area contributed by atoms with Crippen LogP contribution in [-0.2, 0) is 17.9 Å². The Kier molecular flexibility index (Phi) is 5.60. The van der Waals surface area contributed by atoms with Gasteiger partial charge in [0.25, 0.3) is 0 Å². The number of nitrogens with zero attached hydrogens (tertiary/aromatic N) is 3. The predicted octanol–water partition coefficient (Wildman–Crippen LogP) is 1.68. The van der Waals surface area contributed by atoms with Crippen LogP contribution >= 0.6 is 0 Å². The summed E-state index contributed by atoms with van der Waals surface area (Å²) in [6.45, 7) is 0.408. The van der Waals surface area contributed by atoms with Crippen LogP contribution in [0.1, 0.15) is 23.1 Å². The van der Waals surface area contributed by atoms with Crippen molar-refractivity contribution in [2.45, 2.75) is 19.2 Å². The number of ether oxygens (including phenoxy) is 1. The smallest absolute Gasteiger partial charge is 0.240 e. The van der Waals surface area contributed by atoms with Crippen LogP contribution in [0.25, 0.3) is 0 Å². The number of aliphatic hydroxyl groups is 1. The lowest BCUT2D eigenvalue weighted by molar-refractivity contribution is -0.121. The Morgan fingerprint density at radius 2 is 2.04 bits per heavy atom. The molecule has 134 valence electrons. The van der Waals surface area contributed by atoms with Crippen molar-refractivity contribution >= 4 is 5.91 Å². The monoisotopic (exact) mass is 352 g/mol. The second-order valence-corrected chi connectivity index (χ2v) is 5.76. The van der Waals surface area contributed by atoms with Gasteiger partial charge in [0, 0.05) is 6.54 Å². The first kappa shape index (κ1) is 17.6. The minimum Gasteiger partial charge on any atom is -0.497 e. The molecule has 0 radical (unpaired) electrons. The summed E-state index contributed by atoms with van der Waals surface area (Å²) in [6, 6.07) is 16.6. The summed E-state index contributed by atoms with van der Waals surface area (Å²) < 4.78 is 6.71. The van der Waals surface area contributed by atoms with Crippen molar-refractivity contribution in [1.29, 1.82) is 0 Å². The maximum absolute atomic E-state index is 12.2. The minimum atomic E-state index is -0.940. The molecule has 1 heterocycles. The molecule has 0 aliphatic heterocycles. The Morgan fingerprint density at radius 1 is 1.23 bits per heavy atom. The number of nitrogens with one attached hydrogen (secondary N) is 1. The second kappa shape index (κ2) is 8.26. The van der Waals surface area contributed by atoms with Gasteiger partial charge in [-0.05, 0) is 23.3 Å². The second-order valence-electron chi connectivity index (χ2n) is 5.76. The summed E-state index contributed by atoms with van der Waals surface area (Å²) in [7, 11) is 1.60. The molecule has 0 saturated heterocycles. The zero-order valence-electron chi connectivity index (χ0n) is 14.4. The lowest BCUT2D eigenvalue weighted by atomic mass is 10.1. The lowest BCUT2D eigenvalue weighted by Crippen LogP contribution is -2.28. The molecule has 0 aliphatic carbocycles. The summed E-state index contributed by atoms with van der Waals surface area (Å²) in [5, 5.41) is 21.1. The van der Waals surface area contributed by atoms with Crippen LogP contribution in [0.4, 0.5) is 0 Å². The van der Waals surface area contributed by atoms with Crippen molar-refractivity contribution in [3.05, 3.63) is 77.9 Å². The Morgan fingerprint density at radius 3 is 2.81 bits per heavy atom. The molecule has 7 nitrogen and oxygen atoms in total. The molecule has 3 rings (SSSR count). The maximum atomic E-state index is 12.2. The van der Waals surface area contributed by atoms with Crippen LogP contribution in [0.15, 0.2) is 60.9 Å². The van der Waals surface area contributed by atoms with Gasteiger partial charge in [-0.2, -0.15) is 0 Å². The van der Waals surface area contributed by atoms with Gasteiger partial charge in [-0.3, -0.25) is 4.79 Å². The summed E-state index contributed by atoms with van der Waals surface area (Å²) in [5.74, 6) is 0.866. The van der Waals surface area contributed by atoms with Gasteiger partial charge >= 0.3 is 0 Å². The molecule has 1 amide bonds. The third-order valence-electron chi connectivity index (χ3n) is 3.94. The van der Waals surface area contributed by atoms with Crippen molar-refractivity contribution < 1.29 is 14.6 Å². The molecule has 0 fully saturated rings. The van der Waals surface area contributed by atoms with Gasteiger partial charge in [-0.1, -0.05) is 42.5 Å². The zero-order valence-corrected chi connectivity index (χ0v) is 14.4. The fourth-order valence-electron chi connectivity index (χ4n) is 2.58. The molecule has 0 bridgehead atoms. The third kappa shape index (κ3) is 4.25. The van der Waals surface area contributed by atoms with Gasteiger partial charge < -0.3 is 19.7 Å². The molecule has 7 heteroatoms. The van der Waals surface area contributed by atoms with E-state index in [1.807, 2.05) is 42.5 Å². The lowest BCUT2D eigenvalue weighted by Gasteiger charge is -2.13. The Hall–Kier alpha value is -3.19. The number of hydrogen-bond acceptors (Lipinski definition) is 5. The van der Waals surface area contributed by atoms with E-state index in [1.165, 1.54) is 6.33 Å². The highest BCUT2D eigenvalue weighted by molar-refractivity contribution is 5.75. The van der Waals surface area contributed by atoms with Crippen LogP contribution in [0.3, 0.4) is 0 Å². The van der Waals surface area contributed by atoms with E-state index in [0.717, 1.165) is 11.3 Å². The number of amides is 1. The largest absolute Gasteiger partial charge is 0.497 e. The van der Waals surface area contributed by atoms with E-state index in [2.05, 4.69) is 15.5 Å². The van der Waals surface area contributed by atoms with Gasteiger partial charge in [-0.15, -0.1) is 10.2 Å². The SMILES string of the molecule is COc1cccc(CNC(=O)Cn2cnnc2[C@@H](O)c2ccccc2)c1. The highest BCUT2D eigenvalue weighted by Crippen LogP contribution is 2.19. The summed E-state index contributed by atoms with van der Waals surface area (Å²) in [4.78, 5) is 12.2. The number of aliphatic hydroxyl groups excluding tert-OH is 1. The number of hydrogen-bond donors (Lipinski definition) is 2. The first-order chi connectivity index (χ1) is 12.7. The van der Waals surface area contributed by atoms with Crippen molar-refractivity contribution in [1.82, 2.24) is 20.1 Å². The molecule has 1 atom stereocenters. The van der Waals surface area contributed by atoms with Crippen molar-refractivity contribution in [2.24, 2.45) is 0 Å². The van der Waals surface area contributed by atoms with Crippen molar-refractivity contribution in [3.63, 3.8) is 0 Å². The Balaban J connectivity index is 1.62. The standard InChI is InChI=1S/C19H20N4O3/c1-26-16-9-5-6-14(10-16)11-20-17(24)12-23-13-21-22-19(23)18(25)15-7-3-2-4-8-15/h2-10,13,18,25H,11-12H2,1H3,(H,20,24)/t18-/m0/s1. The molecule has 3 aromatic rings. The molecule has 0 unspecified atom stereocenters. The third-order valence-corrected chi connectivity index (χ3v) is 3.94. The van der Waals surface area contributed by atoms with Gasteiger partial charge in [0.2, 0.25) is 5.91 Å². The van der Waals surface area contributed by atoms with E-state index in [-0.39, 0.29) is 12.5 Å². The fraction of sp³-hybridized carbons (Fsp3) is 0.211. The molecule has 0 aliphatic rings. The van der Waals surface area contributed by atoms with Crippen molar-refractivity contribution in [2.75, 3.05) is 7.11 Å². The number of benzene rings is 2. The first-order valence-electron chi connectivity index (χ1n) is 8.17. The summed E-state index contributed by atoms with van der Waals surface area (Å²) in [6.07, 6.45) is 0.497.